The fraction of sp³-hybridized carbons (Fsp3) is 0.750. The van der Waals surface area contributed by atoms with Gasteiger partial charge in [-0.1, -0.05) is 26.7 Å². The lowest BCUT2D eigenvalue weighted by Crippen LogP contribution is -2.42. The van der Waals surface area contributed by atoms with Crippen LogP contribution in [0.5, 0.6) is 0 Å². The molecule has 0 amide bonds. The van der Waals surface area contributed by atoms with Gasteiger partial charge in [0.1, 0.15) is 0 Å². The summed E-state index contributed by atoms with van der Waals surface area (Å²) in [6.45, 7) is 5.62. The van der Waals surface area contributed by atoms with Crippen molar-refractivity contribution >= 4 is 10.0 Å². The molecule has 1 aliphatic heterocycles. The van der Waals surface area contributed by atoms with Crippen LogP contribution < -0.4 is 0 Å². The molecule has 0 aliphatic carbocycles. The number of hydrogen-bond donors (Lipinski definition) is 1. The molecule has 102 valence electrons. The second kappa shape index (κ2) is 5.01. The fourth-order valence-electron chi connectivity index (χ4n) is 2.68. The summed E-state index contributed by atoms with van der Waals surface area (Å²) >= 11 is 0. The first kappa shape index (κ1) is 13.5. The molecule has 0 aromatic carbocycles. The lowest BCUT2D eigenvalue weighted by atomic mass is 9.75. The van der Waals surface area contributed by atoms with Crippen LogP contribution in [0.1, 0.15) is 39.5 Å². The molecular weight excluding hydrogens is 250 g/mol. The Morgan fingerprint density at radius 3 is 2.39 bits per heavy atom. The van der Waals surface area contributed by atoms with Crippen LogP contribution in [0.2, 0.25) is 0 Å². The molecule has 0 bridgehead atoms. The molecular formula is C12H21N3O2S. The molecule has 2 heterocycles. The average Bonchev–Trinajstić information content (AvgIpc) is 2.93. The van der Waals surface area contributed by atoms with Gasteiger partial charge in [0, 0.05) is 13.1 Å². The molecule has 0 unspecified atom stereocenters. The maximum absolute atomic E-state index is 12.3. The molecule has 5 nitrogen and oxygen atoms in total. The largest absolute Gasteiger partial charge is 0.266 e. The highest BCUT2D eigenvalue weighted by molar-refractivity contribution is 7.89. The Kier molecular flexibility index (Phi) is 3.77. The number of aromatic nitrogens is 2. The molecule has 0 saturated carbocycles. The lowest BCUT2D eigenvalue weighted by Gasteiger charge is -2.40. The minimum absolute atomic E-state index is 0.197. The second-order valence-corrected chi connectivity index (χ2v) is 6.94. The Balaban J connectivity index is 2.11. The van der Waals surface area contributed by atoms with Gasteiger partial charge in [-0.2, -0.15) is 9.40 Å². The summed E-state index contributed by atoms with van der Waals surface area (Å²) in [5.74, 6) is 0. The summed E-state index contributed by atoms with van der Waals surface area (Å²) < 4.78 is 26.2. The molecule has 1 aromatic heterocycles. The van der Waals surface area contributed by atoms with Gasteiger partial charge in [-0.25, -0.2) is 8.42 Å². The van der Waals surface area contributed by atoms with Crippen molar-refractivity contribution in [3.05, 3.63) is 12.3 Å². The average molecular weight is 271 g/mol. The van der Waals surface area contributed by atoms with Crippen LogP contribution >= 0.6 is 0 Å². The SMILES string of the molecule is CCC1(CC)CCN(S(=O)(=O)c2ccn[nH]2)CC1. The minimum atomic E-state index is -3.37. The monoisotopic (exact) mass is 271 g/mol. The summed E-state index contributed by atoms with van der Waals surface area (Å²) in [7, 11) is -3.37. The summed E-state index contributed by atoms with van der Waals surface area (Å²) in [6, 6.07) is 1.51. The van der Waals surface area contributed by atoms with E-state index < -0.39 is 10.0 Å². The molecule has 18 heavy (non-hydrogen) atoms. The van der Waals surface area contributed by atoms with Crippen LogP contribution in [0.3, 0.4) is 0 Å². The van der Waals surface area contributed by atoms with Crippen molar-refractivity contribution in [2.75, 3.05) is 13.1 Å². The van der Waals surface area contributed by atoms with E-state index in [4.69, 9.17) is 0 Å². The number of hydrogen-bond acceptors (Lipinski definition) is 3. The van der Waals surface area contributed by atoms with Gasteiger partial charge < -0.3 is 0 Å². The van der Waals surface area contributed by atoms with Gasteiger partial charge in [0.2, 0.25) is 0 Å². The van der Waals surface area contributed by atoms with Gasteiger partial charge in [0.25, 0.3) is 10.0 Å². The predicted molar refractivity (Wildman–Crippen MR) is 69.6 cm³/mol. The Morgan fingerprint density at radius 1 is 1.33 bits per heavy atom. The van der Waals surface area contributed by atoms with E-state index >= 15 is 0 Å². The number of rotatable bonds is 4. The maximum Gasteiger partial charge on any atom is 0.259 e. The first-order valence-corrected chi connectivity index (χ1v) is 7.97. The minimum Gasteiger partial charge on any atom is -0.266 e. The predicted octanol–water partition coefficient (Wildman–Crippen LogP) is 2.00. The number of H-pyrrole nitrogens is 1. The lowest BCUT2D eigenvalue weighted by molar-refractivity contribution is 0.141. The molecule has 0 spiro atoms. The first-order valence-electron chi connectivity index (χ1n) is 6.53. The van der Waals surface area contributed by atoms with Crippen LogP contribution in [0.25, 0.3) is 0 Å². The van der Waals surface area contributed by atoms with E-state index in [1.54, 1.807) is 4.31 Å². The fourth-order valence-corrected chi connectivity index (χ4v) is 4.03. The van der Waals surface area contributed by atoms with E-state index in [1.807, 2.05) is 0 Å². The van der Waals surface area contributed by atoms with Gasteiger partial charge in [-0.15, -0.1) is 0 Å². The Labute approximate surface area is 109 Å². The normalized spacial score (nSPS) is 21.0. The van der Waals surface area contributed by atoms with Crippen LogP contribution in [-0.2, 0) is 10.0 Å². The van der Waals surface area contributed by atoms with Gasteiger partial charge in [-0.05, 0) is 24.3 Å². The molecule has 0 atom stereocenters. The zero-order valence-electron chi connectivity index (χ0n) is 11.0. The molecule has 1 N–H and O–H groups in total. The Hall–Kier alpha value is -0.880. The Morgan fingerprint density at radius 2 is 1.94 bits per heavy atom. The van der Waals surface area contributed by atoms with E-state index in [0.29, 0.717) is 18.5 Å². The van der Waals surface area contributed by atoms with Crippen molar-refractivity contribution in [2.24, 2.45) is 5.41 Å². The summed E-state index contributed by atoms with van der Waals surface area (Å²) in [5, 5.41) is 6.45. The molecule has 1 fully saturated rings. The smallest absolute Gasteiger partial charge is 0.259 e. The maximum atomic E-state index is 12.3. The van der Waals surface area contributed by atoms with Crippen LogP contribution in [0, 0.1) is 5.41 Å². The van der Waals surface area contributed by atoms with Gasteiger partial charge in [-0.3, -0.25) is 5.10 Å². The third-order valence-electron chi connectivity index (χ3n) is 4.38. The third kappa shape index (κ3) is 2.31. The van der Waals surface area contributed by atoms with E-state index in [9.17, 15) is 8.42 Å². The van der Waals surface area contributed by atoms with E-state index in [-0.39, 0.29) is 5.03 Å². The van der Waals surface area contributed by atoms with Crippen LogP contribution in [0.4, 0.5) is 0 Å². The number of nitrogens with one attached hydrogen (secondary N) is 1. The van der Waals surface area contributed by atoms with Crippen molar-refractivity contribution < 1.29 is 8.42 Å². The zero-order valence-corrected chi connectivity index (χ0v) is 11.8. The van der Waals surface area contributed by atoms with E-state index in [0.717, 1.165) is 25.7 Å². The molecule has 6 heteroatoms. The van der Waals surface area contributed by atoms with Crippen LogP contribution in [0.15, 0.2) is 17.3 Å². The third-order valence-corrected chi connectivity index (χ3v) is 6.20. The van der Waals surface area contributed by atoms with Crippen molar-refractivity contribution in [3.8, 4) is 0 Å². The van der Waals surface area contributed by atoms with E-state index in [1.165, 1.54) is 12.3 Å². The molecule has 1 aromatic rings. The standard InChI is InChI=1S/C12H21N3O2S/c1-3-12(4-2)6-9-15(10-7-12)18(16,17)11-5-8-13-14-11/h5,8H,3-4,6-7,9-10H2,1-2H3,(H,13,14). The molecule has 1 aliphatic rings. The van der Waals surface area contributed by atoms with E-state index in [2.05, 4.69) is 24.0 Å². The van der Waals surface area contributed by atoms with Gasteiger partial charge in [0.05, 0.1) is 6.20 Å². The van der Waals surface area contributed by atoms with Crippen molar-refractivity contribution in [3.63, 3.8) is 0 Å². The Bertz CT molecular complexity index is 467. The number of sulfonamides is 1. The van der Waals surface area contributed by atoms with Gasteiger partial charge in [0.15, 0.2) is 5.03 Å². The first-order chi connectivity index (χ1) is 8.54. The summed E-state index contributed by atoms with van der Waals surface area (Å²) in [4.78, 5) is 0. The summed E-state index contributed by atoms with van der Waals surface area (Å²) in [5.41, 5.74) is 0.333. The van der Waals surface area contributed by atoms with Crippen molar-refractivity contribution in [1.82, 2.24) is 14.5 Å². The quantitative estimate of drug-likeness (QED) is 0.911. The van der Waals surface area contributed by atoms with Gasteiger partial charge >= 0.3 is 0 Å². The molecule has 1 saturated heterocycles. The number of aromatic amines is 1. The highest BCUT2D eigenvalue weighted by Gasteiger charge is 2.36. The number of piperidine rings is 1. The van der Waals surface area contributed by atoms with Crippen molar-refractivity contribution in [1.29, 1.82) is 0 Å². The second-order valence-electron chi connectivity index (χ2n) is 5.03. The highest BCUT2D eigenvalue weighted by atomic mass is 32.2. The highest BCUT2D eigenvalue weighted by Crippen LogP contribution is 2.39. The number of nitrogens with zero attached hydrogens (tertiary/aromatic N) is 2. The zero-order chi connectivity index (χ0) is 13.2. The van der Waals surface area contributed by atoms with Crippen LogP contribution in [-0.4, -0.2) is 36.0 Å². The van der Waals surface area contributed by atoms with Crippen molar-refractivity contribution in [2.45, 2.75) is 44.6 Å². The molecule has 0 radical (unpaired) electrons. The summed E-state index contributed by atoms with van der Waals surface area (Å²) in [6.07, 6.45) is 5.63. The molecule has 2 rings (SSSR count). The topological polar surface area (TPSA) is 66.1 Å².